The first-order valence-corrected chi connectivity index (χ1v) is 7.83. The summed E-state index contributed by atoms with van der Waals surface area (Å²) >= 11 is 0. The maximum atomic E-state index is 12.3. The fourth-order valence-electron chi connectivity index (χ4n) is 2.84. The number of aryl methyl sites for hydroxylation is 1. The molecule has 2 heterocycles. The number of carbonyl (C=O) groups excluding carboxylic acids is 1. The number of hydrogen-bond acceptors (Lipinski definition) is 4. The van der Waals surface area contributed by atoms with E-state index >= 15 is 0 Å². The van der Waals surface area contributed by atoms with E-state index in [1.54, 1.807) is 0 Å². The van der Waals surface area contributed by atoms with Crippen molar-refractivity contribution in [1.82, 2.24) is 9.80 Å². The van der Waals surface area contributed by atoms with E-state index in [2.05, 4.69) is 4.90 Å². The molecule has 5 nitrogen and oxygen atoms in total. The predicted molar refractivity (Wildman–Crippen MR) is 82.8 cm³/mol. The molecule has 1 amide bonds. The summed E-state index contributed by atoms with van der Waals surface area (Å²) in [6.07, 6.45) is 3.98. The zero-order valence-corrected chi connectivity index (χ0v) is 13.2. The standard InChI is InChI=1S/C16H27N3O2/c1-13-6-7-15(21-13)12-18(2)14(11-17)10-16(20)19-8-4-3-5-9-19/h6-7,14H,3-5,8-12,17H2,1-2H3. The van der Waals surface area contributed by atoms with Crippen LogP contribution in [0, 0.1) is 6.92 Å². The second-order valence-corrected chi connectivity index (χ2v) is 5.96. The molecule has 5 heteroatoms. The lowest BCUT2D eigenvalue weighted by atomic mass is 10.1. The average Bonchev–Trinajstić information content (AvgIpc) is 2.90. The smallest absolute Gasteiger partial charge is 0.224 e. The van der Waals surface area contributed by atoms with Crippen molar-refractivity contribution in [3.8, 4) is 0 Å². The minimum absolute atomic E-state index is 0.0600. The molecule has 0 aromatic carbocycles. The van der Waals surface area contributed by atoms with Crippen molar-refractivity contribution in [3.05, 3.63) is 23.7 Å². The summed E-state index contributed by atoms with van der Waals surface area (Å²) in [5.41, 5.74) is 5.87. The first kappa shape index (κ1) is 16.0. The number of likely N-dealkylation sites (tertiary alicyclic amines) is 1. The highest BCUT2D eigenvalue weighted by Crippen LogP contribution is 2.15. The molecule has 0 radical (unpaired) electrons. The van der Waals surface area contributed by atoms with Crippen molar-refractivity contribution in [3.63, 3.8) is 0 Å². The van der Waals surface area contributed by atoms with Gasteiger partial charge >= 0.3 is 0 Å². The molecule has 0 bridgehead atoms. The number of hydrogen-bond donors (Lipinski definition) is 1. The average molecular weight is 293 g/mol. The maximum absolute atomic E-state index is 12.3. The second kappa shape index (κ2) is 7.61. The zero-order chi connectivity index (χ0) is 15.2. The summed E-state index contributed by atoms with van der Waals surface area (Å²) in [6.45, 7) is 4.90. The van der Waals surface area contributed by atoms with E-state index in [0.717, 1.165) is 37.5 Å². The molecule has 1 unspecified atom stereocenters. The number of amides is 1. The summed E-state index contributed by atoms with van der Waals surface area (Å²) in [4.78, 5) is 16.4. The third kappa shape index (κ3) is 4.58. The van der Waals surface area contributed by atoms with Crippen LogP contribution in [0.25, 0.3) is 0 Å². The van der Waals surface area contributed by atoms with Crippen LogP contribution in [0.4, 0.5) is 0 Å². The molecule has 2 rings (SSSR count). The fourth-order valence-corrected chi connectivity index (χ4v) is 2.84. The Balaban J connectivity index is 1.87. The van der Waals surface area contributed by atoms with Crippen molar-refractivity contribution >= 4 is 5.91 Å². The van der Waals surface area contributed by atoms with E-state index in [1.807, 2.05) is 31.0 Å². The Hall–Kier alpha value is -1.33. The number of nitrogens with zero attached hydrogens (tertiary/aromatic N) is 2. The SMILES string of the molecule is Cc1ccc(CN(C)C(CN)CC(=O)N2CCCCC2)o1. The van der Waals surface area contributed by atoms with E-state index in [9.17, 15) is 4.79 Å². The van der Waals surface area contributed by atoms with Gasteiger partial charge < -0.3 is 15.1 Å². The maximum Gasteiger partial charge on any atom is 0.224 e. The van der Waals surface area contributed by atoms with E-state index < -0.39 is 0 Å². The lowest BCUT2D eigenvalue weighted by Gasteiger charge is -2.31. The van der Waals surface area contributed by atoms with E-state index in [0.29, 0.717) is 19.5 Å². The lowest BCUT2D eigenvalue weighted by Crippen LogP contribution is -2.44. The molecule has 0 aliphatic carbocycles. The van der Waals surface area contributed by atoms with Crippen LogP contribution in [0.1, 0.15) is 37.2 Å². The topological polar surface area (TPSA) is 62.7 Å². The summed E-state index contributed by atoms with van der Waals surface area (Å²) in [5.74, 6) is 2.05. The highest BCUT2D eigenvalue weighted by atomic mass is 16.3. The van der Waals surface area contributed by atoms with Crippen molar-refractivity contribution in [2.45, 2.75) is 45.2 Å². The normalized spacial score (nSPS) is 17.2. The van der Waals surface area contributed by atoms with E-state index in [4.69, 9.17) is 10.2 Å². The number of rotatable bonds is 6. The summed E-state index contributed by atoms with van der Waals surface area (Å²) < 4.78 is 5.59. The first-order valence-electron chi connectivity index (χ1n) is 7.83. The van der Waals surface area contributed by atoms with Crippen LogP contribution in [-0.2, 0) is 11.3 Å². The third-order valence-corrected chi connectivity index (χ3v) is 4.22. The Labute approximate surface area is 127 Å². The van der Waals surface area contributed by atoms with Crippen LogP contribution in [-0.4, -0.2) is 48.4 Å². The minimum Gasteiger partial charge on any atom is -0.465 e. The zero-order valence-electron chi connectivity index (χ0n) is 13.2. The molecule has 1 fully saturated rings. The molecule has 0 saturated carbocycles. The number of likely N-dealkylation sites (N-methyl/N-ethyl adjacent to an activating group) is 1. The Morgan fingerprint density at radius 3 is 2.67 bits per heavy atom. The number of piperidine rings is 1. The summed E-state index contributed by atoms with van der Waals surface area (Å²) in [5, 5.41) is 0. The molecule has 118 valence electrons. The molecule has 2 N–H and O–H groups in total. The largest absolute Gasteiger partial charge is 0.465 e. The summed E-state index contributed by atoms with van der Waals surface area (Å²) in [6, 6.07) is 4.00. The van der Waals surface area contributed by atoms with Gasteiger partial charge in [-0.1, -0.05) is 0 Å². The van der Waals surface area contributed by atoms with Gasteiger partial charge in [-0.25, -0.2) is 0 Å². The molecule has 1 saturated heterocycles. The molecule has 0 spiro atoms. The molecule has 21 heavy (non-hydrogen) atoms. The Morgan fingerprint density at radius 1 is 1.38 bits per heavy atom. The highest BCUT2D eigenvalue weighted by molar-refractivity contribution is 5.76. The highest BCUT2D eigenvalue weighted by Gasteiger charge is 2.23. The predicted octanol–water partition coefficient (Wildman–Crippen LogP) is 1.75. The molecule has 1 aliphatic rings. The molecular formula is C16H27N3O2. The van der Waals surface area contributed by atoms with Gasteiger partial charge in [-0.05, 0) is 45.4 Å². The van der Waals surface area contributed by atoms with Crippen LogP contribution in [0.3, 0.4) is 0 Å². The monoisotopic (exact) mass is 293 g/mol. The van der Waals surface area contributed by atoms with Gasteiger partial charge in [0.1, 0.15) is 11.5 Å². The van der Waals surface area contributed by atoms with Crippen molar-refractivity contribution < 1.29 is 9.21 Å². The van der Waals surface area contributed by atoms with Gasteiger partial charge in [-0.15, -0.1) is 0 Å². The van der Waals surface area contributed by atoms with Crippen LogP contribution in [0.15, 0.2) is 16.5 Å². The lowest BCUT2D eigenvalue weighted by molar-refractivity contribution is -0.133. The van der Waals surface area contributed by atoms with Crippen molar-refractivity contribution in [2.75, 3.05) is 26.7 Å². The molecular weight excluding hydrogens is 266 g/mol. The van der Waals surface area contributed by atoms with Gasteiger partial charge in [0.2, 0.25) is 5.91 Å². The van der Waals surface area contributed by atoms with E-state index in [1.165, 1.54) is 6.42 Å². The molecule has 1 aromatic heterocycles. The van der Waals surface area contributed by atoms with Gasteiger partial charge in [0.05, 0.1) is 6.54 Å². The van der Waals surface area contributed by atoms with Gasteiger partial charge in [0, 0.05) is 32.1 Å². The quantitative estimate of drug-likeness (QED) is 0.868. The number of carbonyl (C=O) groups is 1. The Kier molecular flexibility index (Phi) is 5.82. The van der Waals surface area contributed by atoms with Gasteiger partial charge in [-0.2, -0.15) is 0 Å². The Bertz CT molecular complexity index is 452. The summed E-state index contributed by atoms with van der Waals surface area (Å²) in [7, 11) is 2.00. The fraction of sp³-hybridized carbons (Fsp3) is 0.688. The van der Waals surface area contributed by atoms with Crippen LogP contribution >= 0.6 is 0 Å². The molecule has 1 atom stereocenters. The Morgan fingerprint density at radius 2 is 2.10 bits per heavy atom. The second-order valence-electron chi connectivity index (χ2n) is 5.96. The van der Waals surface area contributed by atoms with Crippen LogP contribution in [0.2, 0.25) is 0 Å². The van der Waals surface area contributed by atoms with Gasteiger partial charge in [0.15, 0.2) is 0 Å². The minimum atomic E-state index is 0.0600. The van der Waals surface area contributed by atoms with Gasteiger partial charge in [0.25, 0.3) is 0 Å². The molecule has 1 aliphatic heterocycles. The van der Waals surface area contributed by atoms with Crippen LogP contribution in [0.5, 0.6) is 0 Å². The van der Waals surface area contributed by atoms with E-state index in [-0.39, 0.29) is 11.9 Å². The van der Waals surface area contributed by atoms with Crippen LogP contribution < -0.4 is 5.73 Å². The van der Waals surface area contributed by atoms with Gasteiger partial charge in [-0.3, -0.25) is 9.69 Å². The van der Waals surface area contributed by atoms with Crippen molar-refractivity contribution in [2.24, 2.45) is 5.73 Å². The third-order valence-electron chi connectivity index (χ3n) is 4.22. The molecule has 1 aromatic rings. The first-order chi connectivity index (χ1) is 10.1. The number of nitrogens with two attached hydrogens (primary N) is 1. The van der Waals surface area contributed by atoms with Crippen molar-refractivity contribution in [1.29, 1.82) is 0 Å². The number of furan rings is 1.